The Hall–Kier alpha value is -4.43. The highest BCUT2D eigenvalue weighted by atomic mass is 32.2. The number of amides is 2. The molecular weight excluding hydrogens is 498 g/mol. The summed E-state index contributed by atoms with van der Waals surface area (Å²) in [5.74, 6) is -0.874. The highest BCUT2D eigenvalue weighted by Gasteiger charge is 2.36. The van der Waals surface area contributed by atoms with E-state index in [0.717, 1.165) is 21.0 Å². The Morgan fingerprint density at radius 3 is 2.34 bits per heavy atom. The van der Waals surface area contributed by atoms with Gasteiger partial charge in [0.15, 0.2) is 0 Å². The first-order valence-corrected chi connectivity index (χ1v) is 13.7. The van der Waals surface area contributed by atoms with Crippen LogP contribution in [-0.2, 0) is 21.2 Å². The Labute approximate surface area is 222 Å². The summed E-state index contributed by atoms with van der Waals surface area (Å²) in [6, 6.07) is 28.7. The van der Waals surface area contributed by atoms with Crippen molar-refractivity contribution < 1.29 is 18.0 Å². The van der Waals surface area contributed by atoms with E-state index in [-0.39, 0.29) is 10.8 Å². The second kappa shape index (κ2) is 10.5. The van der Waals surface area contributed by atoms with E-state index in [0.29, 0.717) is 35.5 Å². The molecule has 7 nitrogen and oxygen atoms in total. The number of carbonyl (C=O) groups excluding carboxylic acids is 2. The molecule has 4 aromatic carbocycles. The third-order valence-corrected chi connectivity index (χ3v) is 8.26. The van der Waals surface area contributed by atoms with Crippen molar-refractivity contribution in [2.24, 2.45) is 0 Å². The van der Waals surface area contributed by atoms with Gasteiger partial charge in [0, 0.05) is 17.7 Å². The molecule has 8 heteroatoms. The zero-order valence-electron chi connectivity index (χ0n) is 20.8. The molecule has 0 fully saturated rings. The molecule has 0 bridgehead atoms. The van der Waals surface area contributed by atoms with Gasteiger partial charge in [0.1, 0.15) is 6.54 Å². The fraction of sp³-hybridized carbons (Fsp3) is 0.133. The van der Waals surface area contributed by atoms with Gasteiger partial charge in [-0.25, -0.2) is 8.42 Å². The Balaban J connectivity index is 1.34. The summed E-state index contributed by atoms with van der Waals surface area (Å²) < 4.78 is 28.2. The van der Waals surface area contributed by atoms with Crippen molar-refractivity contribution in [1.82, 2.24) is 5.32 Å². The average molecular weight is 526 g/mol. The number of hydrogen-bond donors (Lipinski definition) is 2. The normalized spacial score (nSPS) is 13.2. The van der Waals surface area contributed by atoms with Gasteiger partial charge in [-0.1, -0.05) is 72.3 Å². The summed E-state index contributed by atoms with van der Waals surface area (Å²) >= 11 is 0. The van der Waals surface area contributed by atoms with Crippen LogP contribution in [-0.4, -0.2) is 33.3 Å². The number of carbonyl (C=O) groups is 2. The fourth-order valence-electron chi connectivity index (χ4n) is 4.59. The fourth-order valence-corrected chi connectivity index (χ4v) is 6.24. The Morgan fingerprint density at radius 2 is 1.53 bits per heavy atom. The lowest BCUT2D eigenvalue weighted by Gasteiger charge is -2.32. The first-order chi connectivity index (χ1) is 18.3. The molecule has 5 rings (SSSR count). The van der Waals surface area contributed by atoms with Crippen LogP contribution in [0.3, 0.4) is 0 Å². The van der Waals surface area contributed by atoms with Crippen LogP contribution < -0.4 is 14.9 Å². The largest absolute Gasteiger partial charge is 0.352 e. The minimum atomic E-state index is -3.97. The molecule has 4 aromatic rings. The molecule has 0 spiro atoms. The SMILES string of the molecule is Cc1ccc2c(c1)-c1ccccc1S(=O)(=O)N2CC(=O)Nc1ccccc1C(=O)NCCc1ccccc1. The first kappa shape index (κ1) is 25.2. The Kier molecular flexibility index (Phi) is 6.98. The molecule has 2 amide bonds. The summed E-state index contributed by atoms with van der Waals surface area (Å²) in [5.41, 5.74) is 4.51. The van der Waals surface area contributed by atoms with Gasteiger partial charge in [-0.2, -0.15) is 0 Å². The average Bonchev–Trinajstić information content (AvgIpc) is 2.92. The van der Waals surface area contributed by atoms with Crippen LogP contribution in [0.2, 0.25) is 0 Å². The number of nitrogens with zero attached hydrogens (tertiary/aromatic N) is 1. The van der Waals surface area contributed by atoms with Gasteiger partial charge in [0.2, 0.25) is 5.91 Å². The van der Waals surface area contributed by atoms with Crippen molar-refractivity contribution >= 4 is 33.2 Å². The number of fused-ring (bicyclic) bond motifs is 3. The monoisotopic (exact) mass is 525 g/mol. The van der Waals surface area contributed by atoms with Gasteiger partial charge < -0.3 is 10.6 Å². The highest BCUT2D eigenvalue weighted by Crippen LogP contribution is 2.43. The number of aryl methyl sites for hydroxylation is 1. The number of anilines is 2. The van der Waals surface area contributed by atoms with Crippen molar-refractivity contribution in [1.29, 1.82) is 0 Å². The Bertz CT molecular complexity index is 1620. The maximum Gasteiger partial charge on any atom is 0.265 e. The number of hydrogen-bond acceptors (Lipinski definition) is 4. The van der Waals surface area contributed by atoms with Gasteiger partial charge in [-0.15, -0.1) is 0 Å². The summed E-state index contributed by atoms with van der Waals surface area (Å²) in [7, 11) is -3.97. The number of para-hydroxylation sites is 1. The number of rotatable bonds is 7. The molecule has 1 aliphatic heterocycles. The first-order valence-electron chi connectivity index (χ1n) is 12.3. The van der Waals surface area contributed by atoms with Gasteiger partial charge in [0.05, 0.1) is 21.8 Å². The smallest absolute Gasteiger partial charge is 0.265 e. The summed E-state index contributed by atoms with van der Waals surface area (Å²) in [5, 5.41) is 5.63. The standard InChI is InChI=1S/C30H27N3O4S/c1-21-15-16-27-25(19-21)23-11-6-8-14-28(23)38(36,37)33(27)20-29(34)32-26-13-7-5-12-24(26)30(35)31-18-17-22-9-3-2-4-10-22/h2-16,19H,17-18,20H2,1H3,(H,31,35)(H,32,34). The van der Waals surface area contributed by atoms with Gasteiger partial charge in [-0.05, 0) is 49.2 Å². The highest BCUT2D eigenvalue weighted by molar-refractivity contribution is 7.93. The van der Waals surface area contributed by atoms with E-state index in [9.17, 15) is 18.0 Å². The van der Waals surface area contributed by atoms with Gasteiger partial charge in [-0.3, -0.25) is 13.9 Å². The van der Waals surface area contributed by atoms with E-state index in [1.807, 2.05) is 49.4 Å². The van der Waals surface area contributed by atoms with Crippen LogP contribution in [0.25, 0.3) is 11.1 Å². The summed E-state index contributed by atoms with van der Waals surface area (Å²) in [6.07, 6.45) is 0.675. The molecular formula is C30H27N3O4S. The minimum absolute atomic E-state index is 0.157. The topological polar surface area (TPSA) is 95.6 Å². The molecule has 0 aliphatic carbocycles. The number of benzene rings is 4. The third kappa shape index (κ3) is 5.03. The second-order valence-corrected chi connectivity index (χ2v) is 10.9. The van der Waals surface area contributed by atoms with Crippen molar-refractivity contribution in [2.45, 2.75) is 18.2 Å². The van der Waals surface area contributed by atoms with Crippen LogP contribution in [0.5, 0.6) is 0 Å². The zero-order chi connectivity index (χ0) is 26.7. The van der Waals surface area contributed by atoms with E-state index in [2.05, 4.69) is 10.6 Å². The van der Waals surface area contributed by atoms with E-state index in [4.69, 9.17) is 0 Å². The molecule has 38 heavy (non-hydrogen) atoms. The van der Waals surface area contributed by atoms with Crippen molar-refractivity contribution in [3.05, 3.63) is 114 Å². The predicted octanol–water partition coefficient (Wildman–Crippen LogP) is 4.78. The lowest BCUT2D eigenvalue weighted by Crippen LogP contribution is -2.40. The molecule has 0 unspecified atom stereocenters. The maximum atomic E-state index is 13.5. The molecule has 1 aliphatic rings. The second-order valence-electron chi connectivity index (χ2n) is 9.11. The quantitative estimate of drug-likeness (QED) is 0.363. The van der Waals surface area contributed by atoms with Gasteiger partial charge >= 0.3 is 0 Å². The van der Waals surface area contributed by atoms with E-state index >= 15 is 0 Å². The van der Waals surface area contributed by atoms with Crippen LogP contribution in [0.1, 0.15) is 21.5 Å². The van der Waals surface area contributed by atoms with Crippen LogP contribution in [0.15, 0.2) is 102 Å². The van der Waals surface area contributed by atoms with Crippen molar-refractivity contribution in [3.63, 3.8) is 0 Å². The van der Waals surface area contributed by atoms with E-state index in [1.54, 1.807) is 54.6 Å². The Morgan fingerprint density at radius 1 is 0.816 bits per heavy atom. The van der Waals surface area contributed by atoms with Gasteiger partial charge in [0.25, 0.3) is 15.9 Å². The molecule has 2 N–H and O–H groups in total. The number of sulfonamides is 1. The lowest BCUT2D eigenvalue weighted by molar-refractivity contribution is -0.114. The van der Waals surface area contributed by atoms with Crippen molar-refractivity contribution in [2.75, 3.05) is 22.7 Å². The predicted molar refractivity (Wildman–Crippen MR) is 149 cm³/mol. The summed E-state index contributed by atoms with van der Waals surface area (Å²) in [6.45, 7) is 1.94. The summed E-state index contributed by atoms with van der Waals surface area (Å²) in [4.78, 5) is 26.2. The molecule has 0 saturated carbocycles. The third-order valence-electron chi connectivity index (χ3n) is 6.44. The molecule has 0 atom stereocenters. The molecule has 1 heterocycles. The van der Waals surface area contributed by atoms with E-state index in [1.165, 1.54) is 0 Å². The molecule has 0 saturated heterocycles. The molecule has 0 aromatic heterocycles. The van der Waals surface area contributed by atoms with E-state index < -0.39 is 22.5 Å². The van der Waals surface area contributed by atoms with Crippen molar-refractivity contribution in [3.8, 4) is 11.1 Å². The molecule has 192 valence electrons. The van der Waals surface area contributed by atoms with Crippen LogP contribution in [0, 0.1) is 6.92 Å². The maximum absolute atomic E-state index is 13.5. The lowest BCUT2D eigenvalue weighted by atomic mass is 10.0. The molecule has 0 radical (unpaired) electrons. The van der Waals surface area contributed by atoms with Crippen LogP contribution >= 0.6 is 0 Å². The zero-order valence-corrected chi connectivity index (χ0v) is 21.7. The number of nitrogens with one attached hydrogen (secondary N) is 2. The minimum Gasteiger partial charge on any atom is -0.352 e. The van der Waals surface area contributed by atoms with Crippen LogP contribution in [0.4, 0.5) is 11.4 Å².